The molecule has 2 atom stereocenters. The van der Waals surface area contributed by atoms with Gasteiger partial charge < -0.3 is 18.8 Å². The van der Waals surface area contributed by atoms with E-state index in [1.165, 1.54) is 6.26 Å². The highest BCUT2D eigenvalue weighted by atomic mass is 16.5. The lowest BCUT2D eigenvalue weighted by Crippen LogP contribution is -2.56. The van der Waals surface area contributed by atoms with Crippen molar-refractivity contribution in [3.63, 3.8) is 0 Å². The topological polar surface area (TPSA) is 51.9 Å². The van der Waals surface area contributed by atoms with Crippen LogP contribution in [-0.2, 0) is 9.47 Å². The van der Waals surface area contributed by atoms with Crippen LogP contribution >= 0.6 is 0 Å². The number of carbonyl (C=O) groups is 1. The minimum absolute atomic E-state index is 0.0410. The Morgan fingerprint density at radius 1 is 1.60 bits per heavy atom. The van der Waals surface area contributed by atoms with E-state index in [1.807, 2.05) is 4.90 Å². The summed E-state index contributed by atoms with van der Waals surface area (Å²) < 4.78 is 16.6. The molecule has 110 valence electrons. The minimum atomic E-state index is -0.226. The number of methoxy groups -OCH3 is 1. The molecule has 0 bridgehead atoms. The smallest absolute Gasteiger partial charge is 0.289 e. The summed E-state index contributed by atoms with van der Waals surface area (Å²) in [6.45, 7) is 2.55. The second kappa shape index (κ2) is 5.58. The molecule has 1 amide bonds. The van der Waals surface area contributed by atoms with E-state index in [9.17, 15) is 4.79 Å². The lowest BCUT2D eigenvalue weighted by molar-refractivity contribution is -0.131. The maximum absolute atomic E-state index is 12.4. The highest BCUT2D eigenvalue weighted by molar-refractivity contribution is 5.91. The monoisotopic (exact) mass is 279 g/mol. The van der Waals surface area contributed by atoms with Gasteiger partial charge in [-0.1, -0.05) is 6.42 Å². The van der Waals surface area contributed by atoms with Gasteiger partial charge in [0.25, 0.3) is 5.91 Å². The molecule has 20 heavy (non-hydrogen) atoms. The Hall–Kier alpha value is -1.33. The molecule has 0 radical (unpaired) electrons. The van der Waals surface area contributed by atoms with Crippen LogP contribution in [-0.4, -0.2) is 49.8 Å². The third-order valence-electron chi connectivity index (χ3n) is 4.49. The maximum Gasteiger partial charge on any atom is 0.289 e. The van der Waals surface area contributed by atoms with Gasteiger partial charge in [0.05, 0.1) is 31.6 Å². The summed E-state index contributed by atoms with van der Waals surface area (Å²) in [6.07, 6.45) is 4.78. The summed E-state index contributed by atoms with van der Waals surface area (Å²) in [5.74, 6) is 0.740. The number of carbonyl (C=O) groups excluding carboxylic acids is 1. The Labute approximate surface area is 118 Å². The summed E-state index contributed by atoms with van der Waals surface area (Å²) in [5, 5.41) is 0. The number of furan rings is 1. The van der Waals surface area contributed by atoms with E-state index in [0.29, 0.717) is 38.0 Å². The average Bonchev–Trinajstić information content (AvgIpc) is 3.10. The molecule has 3 rings (SSSR count). The second-order valence-corrected chi connectivity index (χ2v) is 5.66. The predicted octanol–water partition coefficient (Wildman–Crippen LogP) is 1.94. The Kier molecular flexibility index (Phi) is 3.81. The van der Waals surface area contributed by atoms with Crippen molar-refractivity contribution < 1.29 is 18.7 Å². The van der Waals surface area contributed by atoms with Crippen molar-refractivity contribution in [3.05, 3.63) is 24.2 Å². The third kappa shape index (κ3) is 2.36. The number of amides is 1. The molecule has 2 heterocycles. The van der Waals surface area contributed by atoms with Gasteiger partial charge in [-0.25, -0.2) is 0 Å². The molecule has 2 fully saturated rings. The van der Waals surface area contributed by atoms with Crippen LogP contribution in [0.2, 0.25) is 0 Å². The lowest BCUT2D eigenvalue weighted by Gasteiger charge is -2.43. The number of rotatable bonds is 3. The van der Waals surface area contributed by atoms with Crippen LogP contribution in [0.25, 0.3) is 0 Å². The molecule has 5 heteroatoms. The first kappa shape index (κ1) is 13.6. The van der Waals surface area contributed by atoms with Crippen molar-refractivity contribution in [2.75, 3.05) is 33.4 Å². The molecule has 1 spiro atoms. The molecule has 1 aliphatic heterocycles. The molecule has 1 aromatic heterocycles. The number of ether oxygens (including phenoxy) is 2. The van der Waals surface area contributed by atoms with Crippen molar-refractivity contribution >= 4 is 5.91 Å². The summed E-state index contributed by atoms with van der Waals surface area (Å²) in [6, 6.07) is 3.46. The fraction of sp³-hybridized carbons (Fsp3) is 0.667. The predicted molar refractivity (Wildman–Crippen MR) is 72.5 cm³/mol. The normalized spacial score (nSPS) is 30.1. The Balaban J connectivity index is 1.74. The van der Waals surface area contributed by atoms with Crippen molar-refractivity contribution in [2.45, 2.75) is 24.9 Å². The fourth-order valence-electron chi connectivity index (χ4n) is 3.49. The zero-order valence-electron chi connectivity index (χ0n) is 11.8. The Morgan fingerprint density at radius 2 is 2.50 bits per heavy atom. The molecule has 1 saturated heterocycles. The third-order valence-corrected chi connectivity index (χ3v) is 4.49. The quantitative estimate of drug-likeness (QED) is 0.848. The molecule has 2 aliphatic rings. The molecule has 0 aromatic carbocycles. The SMILES string of the molecule is COC[C@@H]1CCC[C@@]12CN(C(=O)c1ccco1)CCO2. The van der Waals surface area contributed by atoms with E-state index in [4.69, 9.17) is 13.9 Å². The summed E-state index contributed by atoms with van der Waals surface area (Å²) >= 11 is 0. The van der Waals surface area contributed by atoms with Gasteiger partial charge in [0.1, 0.15) is 0 Å². The number of hydrogen-bond acceptors (Lipinski definition) is 4. The van der Waals surface area contributed by atoms with E-state index in [0.717, 1.165) is 19.3 Å². The standard InChI is InChI=1S/C15H21NO4/c1-18-10-12-4-2-6-15(12)11-16(7-9-20-15)14(17)13-5-3-8-19-13/h3,5,8,12H,2,4,6-7,9-11H2,1H3/t12-,15+/m0/s1. The zero-order valence-corrected chi connectivity index (χ0v) is 11.8. The largest absolute Gasteiger partial charge is 0.459 e. The van der Waals surface area contributed by atoms with Crippen molar-refractivity contribution in [1.82, 2.24) is 4.90 Å². The minimum Gasteiger partial charge on any atom is -0.459 e. The highest BCUT2D eigenvalue weighted by Crippen LogP contribution is 2.41. The van der Waals surface area contributed by atoms with Gasteiger partial charge in [0, 0.05) is 19.6 Å². The molecule has 0 unspecified atom stereocenters. The van der Waals surface area contributed by atoms with Gasteiger partial charge >= 0.3 is 0 Å². The van der Waals surface area contributed by atoms with Crippen molar-refractivity contribution in [2.24, 2.45) is 5.92 Å². The maximum atomic E-state index is 12.4. The first-order valence-corrected chi connectivity index (χ1v) is 7.21. The highest BCUT2D eigenvalue weighted by Gasteiger charge is 2.48. The van der Waals surface area contributed by atoms with Gasteiger partial charge in [-0.05, 0) is 25.0 Å². The van der Waals surface area contributed by atoms with Gasteiger partial charge in [-0.2, -0.15) is 0 Å². The van der Waals surface area contributed by atoms with Gasteiger partial charge in [0.15, 0.2) is 5.76 Å². The lowest BCUT2D eigenvalue weighted by atomic mass is 9.89. The molecule has 1 aliphatic carbocycles. The first-order chi connectivity index (χ1) is 9.75. The number of hydrogen-bond donors (Lipinski definition) is 0. The number of nitrogens with zero attached hydrogens (tertiary/aromatic N) is 1. The van der Waals surface area contributed by atoms with E-state index in [-0.39, 0.29) is 11.5 Å². The van der Waals surface area contributed by atoms with Gasteiger partial charge in [-0.15, -0.1) is 0 Å². The van der Waals surface area contributed by atoms with Crippen LogP contribution in [0.4, 0.5) is 0 Å². The first-order valence-electron chi connectivity index (χ1n) is 7.21. The van der Waals surface area contributed by atoms with Crippen LogP contribution < -0.4 is 0 Å². The van der Waals surface area contributed by atoms with Crippen LogP contribution in [0.5, 0.6) is 0 Å². The molecule has 1 saturated carbocycles. The zero-order chi connectivity index (χ0) is 14.0. The van der Waals surface area contributed by atoms with Crippen molar-refractivity contribution in [3.8, 4) is 0 Å². The van der Waals surface area contributed by atoms with E-state index < -0.39 is 0 Å². The van der Waals surface area contributed by atoms with Crippen LogP contribution in [0.15, 0.2) is 22.8 Å². The van der Waals surface area contributed by atoms with E-state index in [2.05, 4.69) is 0 Å². The fourth-order valence-corrected chi connectivity index (χ4v) is 3.49. The molecule has 1 aromatic rings. The summed E-state index contributed by atoms with van der Waals surface area (Å²) in [5.41, 5.74) is -0.226. The van der Waals surface area contributed by atoms with Crippen molar-refractivity contribution in [1.29, 1.82) is 0 Å². The Morgan fingerprint density at radius 3 is 3.25 bits per heavy atom. The second-order valence-electron chi connectivity index (χ2n) is 5.66. The van der Waals surface area contributed by atoms with E-state index in [1.54, 1.807) is 19.2 Å². The van der Waals surface area contributed by atoms with Crippen LogP contribution in [0.3, 0.4) is 0 Å². The summed E-state index contributed by atoms with van der Waals surface area (Å²) in [4.78, 5) is 14.3. The molecular weight excluding hydrogens is 258 g/mol. The van der Waals surface area contributed by atoms with Gasteiger partial charge in [-0.3, -0.25) is 4.79 Å². The average molecular weight is 279 g/mol. The van der Waals surface area contributed by atoms with Crippen LogP contribution in [0.1, 0.15) is 29.8 Å². The van der Waals surface area contributed by atoms with E-state index >= 15 is 0 Å². The molecular formula is C15H21NO4. The summed E-state index contributed by atoms with van der Waals surface area (Å²) in [7, 11) is 1.72. The van der Waals surface area contributed by atoms with Crippen LogP contribution in [0, 0.1) is 5.92 Å². The number of morpholine rings is 1. The molecule has 5 nitrogen and oxygen atoms in total. The Bertz CT molecular complexity index is 458. The van der Waals surface area contributed by atoms with Gasteiger partial charge in [0.2, 0.25) is 0 Å². The molecule has 0 N–H and O–H groups in total.